The lowest BCUT2D eigenvalue weighted by molar-refractivity contribution is -0.126. The number of carbonyl (C=O) groups is 1. The first-order valence-corrected chi connectivity index (χ1v) is 7.99. The van der Waals surface area contributed by atoms with Gasteiger partial charge >= 0.3 is 0 Å². The lowest BCUT2D eigenvalue weighted by atomic mass is 9.84. The van der Waals surface area contributed by atoms with Crippen molar-refractivity contribution in [2.45, 2.75) is 38.1 Å². The predicted octanol–water partition coefficient (Wildman–Crippen LogP) is 2.87. The average molecular weight is 310 g/mol. The number of para-hydroxylation sites is 1. The number of aryl methyl sites for hydroxylation is 1. The Labute approximate surface area is 136 Å². The average Bonchev–Trinajstić information content (AvgIpc) is 2.78. The molecular weight excluding hydrogens is 288 g/mol. The molecule has 1 amide bonds. The first kappa shape index (κ1) is 15.5. The number of ether oxygens (including phenoxy) is 1. The van der Waals surface area contributed by atoms with Gasteiger partial charge in [0, 0.05) is 12.4 Å². The van der Waals surface area contributed by atoms with Gasteiger partial charge in [0.1, 0.15) is 12.4 Å². The summed E-state index contributed by atoms with van der Waals surface area (Å²) in [6, 6.07) is 11.9. The number of hydrogen-bond donors (Lipinski definition) is 1. The summed E-state index contributed by atoms with van der Waals surface area (Å²) in [5.74, 6) is 0.931. The minimum atomic E-state index is -0.618. The molecule has 23 heavy (non-hydrogen) atoms. The van der Waals surface area contributed by atoms with Crippen molar-refractivity contribution in [1.82, 2.24) is 10.3 Å². The molecule has 4 heteroatoms. The zero-order valence-corrected chi connectivity index (χ0v) is 13.6. The second-order valence-electron chi connectivity index (χ2n) is 6.49. The van der Waals surface area contributed by atoms with Crippen LogP contribution in [0.1, 0.15) is 31.4 Å². The Hall–Kier alpha value is -2.36. The Balaban J connectivity index is 1.67. The van der Waals surface area contributed by atoms with Gasteiger partial charge in [0.15, 0.2) is 0 Å². The Morgan fingerprint density at radius 1 is 1.26 bits per heavy atom. The molecule has 1 aliphatic heterocycles. The Bertz CT molecular complexity index is 656. The van der Waals surface area contributed by atoms with E-state index in [2.05, 4.69) is 16.4 Å². The highest BCUT2D eigenvalue weighted by molar-refractivity contribution is 5.87. The number of aromatic nitrogens is 1. The topological polar surface area (TPSA) is 51.2 Å². The zero-order chi connectivity index (χ0) is 16.3. The van der Waals surface area contributed by atoms with Crippen molar-refractivity contribution < 1.29 is 9.53 Å². The Kier molecular flexibility index (Phi) is 4.33. The van der Waals surface area contributed by atoms with Crippen LogP contribution in [-0.4, -0.2) is 23.5 Å². The molecule has 1 aromatic heterocycles. The second kappa shape index (κ2) is 6.41. The number of hydrogen-bond acceptors (Lipinski definition) is 3. The number of fused-ring (bicyclic) bond motifs is 1. The quantitative estimate of drug-likeness (QED) is 0.948. The van der Waals surface area contributed by atoms with E-state index in [1.807, 2.05) is 44.2 Å². The molecule has 1 unspecified atom stereocenters. The van der Waals surface area contributed by atoms with Crippen molar-refractivity contribution in [3.05, 3.63) is 59.9 Å². The molecule has 4 nitrogen and oxygen atoms in total. The van der Waals surface area contributed by atoms with Gasteiger partial charge in [-0.1, -0.05) is 24.3 Å². The zero-order valence-electron chi connectivity index (χ0n) is 13.6. The fourth-order valence-electron chi connectivity index (χ4n) is 2.80. The third-order valence-electron chi connectivity index (χ3n) is 4.46. The summed E-state index contributed by atoms with van der Waals surface area (Å²) in [4.78, 5) is 16.8. The number of nitrogens with one attached hydrogen (secondary N) is 1. The second-order valence-corrected chi connectivity index (χ2v) is 6.49. The molecule has 0 saturated carbocycles. The largest absolute Gasteiger partial charge is 0.491 e. The maximum Gasteiger partial charge on any atom is 0.230 e. The number of carbonyl (C=O) groups excluding carboxylic acids is 1. The van der Waals surface area contributed by atoms with Gasteiger partial charge in [0.25, 0.3) is 0 Å². The molecule has 0 radical (unpaired) electrons. The van der Waals surface area contributed by atoms with Gasteiger partial charge in [0.05, 0.1) is 11.5 Å². The van der Waals surface area contributed by atoms with Crippen molar-refractivity contribution >= 4 is 5.91 Å². The minimum absolute atomic E-state index is 0.00468. The van der Waals surface area contributed by atoms with Gasteiger partial charge in [-0.25, -0.2) is 0 Å². The standard InChI is InChI=1S/C19H22N2O2/c1-19(2,15-7-5-11-20-12-15)18(22)21-16-10-9-14-6-3-4-8-17(14)23-13-16/h3-8,11-12,16H,9-10,13H2,1-2H3,(H,21,22). The van der Waals surface area contributed by atoms with E-state index in [-0.39, 0.29) is 11.9 Å². The van der Waals surface area contributed by atoms with Crippen LogP contribution in [-0.2, 0) is 16.6 Å². The molecule has 1 aliphatic rings. The Morgan fingerprint density at radius 2 is 2.09 bits per heavy atom. The number of nitrogens with zero attached hydrogens (tertiary/aromatic N) is 1. The first-order valence-electron chi connectivity index (χ1n) is 7.99. The van der Waals surface area contributed by atoms with Crippen LogP contribution in [0.15, 0.2) is 48.8 Å². The van der Waals surface area contributed by atoms with Crippen LogP contribution in [0.3, 0.4) is 0 Å². The third kappa shape index (κ3) is 3.36. The molecule has 0 spiro atoms. The number of benzene rings is 1. The van der Waals surface area contributed by atoms with Crippen LogP contribution in [0, 0.1) is 0 Å². The van der Waals surface area contributed by atoms with Gasteiger partial charge < -0.3 is 10.1 Å². The summed E-state index contributed by atoms with van der Waals surface area (Å²) in [5, 5.41) is 3.14. The summed E-state index contributed by atoms with van der Waals surface area (Å²) in [7, 11) is 0. The highest BCUT2D eigenvalue weighted by Crippen LogP contribution is 2.25. The molecule has 0 bridgehead atoms. The van der Waals surface area contributed by atoms with E-state index >= 15 is 0 Å². The van der Waals surface area contributed by atoms with Gasteiger partial charge in [-0.2, -0.15) is 0 Å². The maximum atomic E-state index is 12.7. The fourth-order valence-corrected chi connectivity index (χ4v) is 2.80. The van der Waals surface area contributed by atoms with Crippen molar-refractivity contribution in [1.29, 1.82) is 0 Å². The molecular formula is C19H22N2O2. The normalized spacial score (nSPS) is 17.6. The molecule has 2 heterocycles. The molecule has 2 aromatic rings. The Morgan fingerprint density at radius 3 is 2.87 bits per heavy atom. The summed E-state index contributed by atoms with van der Waals surface area (Å²) in [6.07, 6.45) is 5.26. The lowest BCUT2D eigenvalue weighted by Crippen LogP contribution is -2.47. The highest BCUT2D eigenvalue weighted by Gasteiger charge is 2.32. The predicted molar refractivity (Wildman–Crippen MR) is 89.5 cm³/mol. The minimum Gasteiger partial charge on any atom is -0.491 e. The summed E-state index contributed by atoms with van der Waals surface area (Å²) in [5.41, 5.74) is 1.50. The van der Waals surface area contributed by atoms with Gasteiger partial charge in [0.2, 0.25) is 5.91 Å². The summed E-state index contributed by atoms with van der Waals surface area (Å²) >= 11 is 0. The van der Waals surface area contributed by atoms with Crippen LogP contribution in [0.25, 0.3) is 0 Å². The van der Waals surface area contributed by atoms with Crippen LogP contribution in [0.5, 0.6) is 5.75 Å². The monoisotopic (exact) mass is 310 g/mol. The number of amides is 1. The number of rotatable bonds is 3. The van der Waals surface area contributed by atoms with E-state index in [1.54, 1.807) is 12.4 Å². The van der Waals surface area contributed by atoms with E-state index in [4.69, 9.17) is 4.74 Å². The van der Waals surface area contributed by atoms with E-state index < -0.39 is 5.41 Å². The molecule has 0 fully saturated rings. The lowest BCUT2D eigenvalue weighted by Gasteiger charge is -2.27. The molecule has 1 aromatic carbocycles. The SMILES string of the molecule is CC(C)(C(=O)NC1CCc2ccccc2OC1)c1cccnc1. The molecule has 0 aliphatic carbocycles. The molecule has 1 N–H and O–H groups in total. The van der Waals surface area contributed by atoms with Crippen LogP contribution in [0.2, 0.25) is 0 Å². The van der Waals surface area contributed by atoms with Crippen LogP contribution < -0.4 is 10.1 Å². The third-order valence-corrected chi connectivity index (χ3v) is 4.46. The smallest absolute Gasteiger partial charge is 0.230 e. The van der Waals surface area contributed by atoms with Gasteiger partial charge in [-0.3, -0.25) is 9.78 Å². The molecule has 3 rings (SSSR count). The summed E-state index contributed by atoms with van der Waals surface area (Å²) in [6.45, 7) is 4.35. The maximum absolute atomic E-state index is 12.7. The van der Waals surface area contributed by atoms with Crippen molar-refractivity contribution in [2.24, 2.45) is 0 Å². The van der Waals surface area contributed by atoms with Gasteiger partial charge in [-0.05, 0) is 49.9 Å². The van der Waals surface area contributed by atoms with Crippen LogP contribution >= 0.6 is 0 Å². The molecule has 0 saturated heterocycles. The van der Waals surface area contributed by atoms with Crippen LogP contribution in [0.4, 0.5) is 0 Å². The summed E-state index contributed by atoms with van der Waals surface area (Å²) < 4.78 is 5.85. The van der Waals surface area contributed by atoms with E-state index in [0.29, 0.717) is 6.61 Å². The van der Waals surface area contributed by atoms with Crippen molar-refractivity contribution in [3.8, 4) is 5.75 Å². The van der Waals surface area contributed by atoms with E-state index in [0.717, 1.165) is 24.2 Å². The van der Waals surface area contributed by atoms with E-state index in [9.17, 15) is 4.79 Å². The highest BCUT2D eigenvalue weighted by atomic mass is 16.5. The van der Waals surface area contributed by atoms with Gasteiger partial charge in [-0.15, -0.1) is 0 Å². The number of pyridine rings is 1. The molecule has 1 atom stereocenters. The molecule has 120 valence electrons. The van der Waals surface area contributed by atoms with E-state index in [1.165, 1.54) is 5.56 Å². The van der Waals surface area contributed by atoms with Crippen molar-refractivity contribution in [3.63, 3.8) is 0 Å². The van der Waals surface area contributed by atoms with Crippen molar-refractivity contribution in [2.75, 3.05) is 6.61 Å². The first-order chi connectivity index (χ1) is 11.1. The fraction of sp³-hybridized carbons (Fsp3) is 0.368.